The van der Waals surface area contributed by atoms with E-state index in [0.29, 0.717) is 22.2 Å². The van der Waals surface area contributed by atoms with Crippen LogP contribution in [0.3, 0.4) is 0 Å². The number of nitrogens with one attached hydrogen (secondary N) is 1. The topological polar surface area (TPSA) is 129 Å². The van der Waals surface area contributed by atoms with Crippen LogP contribution in [0.5, 0.6) is 0 Å². The minimum atomic E-state index is -4.10. The van der Waals surface area contributed by atoms with Gasteiger partial charge in [-0.3, -0.25) is 8.98 Å². The molecule has 9 nitrogen and oxygen atoms in total. The van der Waals surface area contributed by atoms with E-state index in [1.807, 2.05) is 10.6 Å². The number of ketones is 1. The molecule has 1 aliphatic rings. The number of anilines is 1. The highest BCUT2D eigenvalue weighted by Gasteiger charge is 2.36. The Labute approximate surface area is 211 Å². The van der Waals surface area contributed by atoms with Crippen LogP contribution in [-0.4, -0.2) is 47.6 Å². The maximum Gasteiger partial charge on any atom is 0.333 e. The van der Waals surface area contributed by atoms with E-state index in [1.165, 1.54) is 12.5 Å². The Morgan fingerprint density at radius 2 is 2.06 bits per heavy atom. The largest absolute Gasteiger partial charge is 0.364 e. The molecule has 3 atom stereocenters. The molecule has 2 aromatic heterocycles. The van der Waals surface area contributed by atoms with E-state index in [4.69, 9.17) is 28.3 Å². The summed E-state index contributed by atoms with van der Waals surface area (Å²) in [5.74, 6) is -0.483. The lowest BCUT2D eigenvalue weighted by molar-refractivity contribution is 0.103. The summed E-state index contributed by atoms with van der Waals surface area (Å²) in [7, 11) is -4.10. The average molecular weight is 542 g/mol. The van der Waals surface area contributed by atoms with Crippen molar-refractivity contribution >= 4 is 45.1 Å². The second kappa shape index (κ2) is 10.6. The fourth-order valence-corrected chi connectivity index (χ4v) is 4.73. The van der Waals surface area contributed by atoms with Crippen molar-refractivity contribution in [1.29, 1.82) is 0 Å². The molecule has 3 unspecified atom stereocenters. The number of alkyl halides is 1. The molecule has 13 heteroatoms. The van der Waals surface area contributed by atoms with E-state index in [1.54, 1.807) is 30.6 Å². The number of nitrogens with zero attached hydrogens (tertiary/aromatic N) is 3. The molecule has 0 radical (unpaired) electrons. The van der Waals surface area contributed by atoms with E-state index in [2.05, 4.69) is 19.5 Å². The molecule has 186 valence electrons. The maximum absolute atomic E-state index is 14.6. The van der Waals surface area contributed by atoms with Gasteiger partial charge in [-0.15, -0.1) is 0 Å². The van der Waals surface area contributed by atoms with Crippen molar-refractivity contribution in [1.82, 2.24) is 14.5 Å². The normalized spacial score (nSPS) is 20.2. The zero-order valence-corrected chi connectivity index (χ0v) is 20.6. The van der Waals surface area contributed by atoms with Crippen LogP contribution >= 0.6 is 23.2 Å². The van der Waals surface area contributed by atoms with Crippen LogP contribution in [0.4, 0.5) is 10.2 Å². The van der Waals surface area contributed by atoms with Crippen LogP contribution < -0.4 is 10.5 Å². The lowest BCUT2D eigenvalue weighted by atomic mass is 10.1. The number of rotatable bonds is 9. The van der Waals surface area contributed by atoms with Crippen LogP contribution in [0, 0.1) is 5.92 Å². The minimum Gasteiger partial charge on any atom is -0.364 e. The quantitative estimate of drug-likeness (QED) is 0.395. The first-order chi connectivity index (χ1) is 16.6. The van der Waals surface area contributed by atoms with Gasteiger partial charge >= 0.3 is 10.3 Å². The van der Waals surface area contributed by atoms with Gasteiger partial charge in [-0.1, -0.05) is 29.3 Å². The lowest BCUT2D eigenvalue weighted by Gasteiger charge is -2.17. The number of carbonyl (C=O) groups excluding carboxylic acids is 1. The highest BCUT2D eigenvalue weighted by atomic mass is 35.5. The highest BCUT2D eigenvalue weighted by molar-refractivity contribution is 7.84. The molecule has 1 fully saturated rings. The van der Waals surface area contributed by atoms with Crippen molar-refractivity contribution in [2.75, 3.05) is 11.9 Å². The molecular formula is C22H22Cl2FN5O4S. The van der Waals surface area contributed by atoms with Crippen LogP contribution in [0.25, 0.3) is 0 Å². The first-order valence-corrected chi connectivity index (χ1v) is 12.8. The molecule has 0 bridgehead atoms. The number of hydrogen-bond donors (Lipinski definition) is 2. The lowest BCUT2D eigenvalue weighted by Crippen LogP contribution is -2.27. The monoisotopic (exact) mass is 541 g/mol. The van der Waals surface area contributed by atoms with Gasteiger partial charge in [0, 0.05) is 30.7 Å². The van der Waals surface area contributed by atoms with Gasteiger partial charge in [0.15, 0.2) is 5.78 Å². The minimum absolute atomic E-state index is 0.0963. The van der Waals surface area contributed by atoms with E-state index >= 15 is 0 Å². The fourth-order valence-electron chi connectivity index (χ4n) is 4.03. The molecular weight excluding hydrogens is 520 g/mol. The molecule has 0 spiro atoms. The molecule has 3 N–H and O–H groups in total. The summed E-state index contributed by atoms with van der Waals surface area (Å²) in [5, 5.41) is 8.73. The Kier molecular flexibility index (Phi) is 7.72. The van der Waals surface area contributed by atoms with E-state index < -0.39 is 22.5 Å². The number of carbonyl (C=O) groups is 1. The van der Waals surface area contributed by atoms with Gasteiger partial charge in [0.25, 0.3) is 0 Å². The van der Waals surface area contributed by atoms with Crippen LogP contribution in [0.2, 0.25) is 10.0 Å². The third kappa shape index (κ3) is 6.56. The van der Waals surface area contributed by atoms with Crippen molar-refractivity contribution < 1.29 is 21.8 Å². The summed E-state index contributed by atoms with van der Waals surface area (Å²) >= 11 is 12.0. The first-order valence-electron chi connectivity index (χ1n) is 10.6. The number of benzene rings is 1. The van der Waals surface area contributed by atoms with Gasteiger partial charge < -0.3 is 9.88 Å². The van der Waals surface area contributed by atoms with E-state index in [0.717, 1.165) is 5.56 Å². The predicted molar refractivity (Wildman–Crippen MR) is 130 cm³/mol. The molecule has 2 heterocycles. The summed E-state index contributed by atoms with van der Waals surface area (Å²) in [4.78, 5) is 21.3. The fraction of sp³-hybridized carbons (Fsp3) is 0.318. The van der Waals surface area contributed by atoms with E-state index in [9.17, 15) is 17.6 Å². The molecule has 0 saturated heterocycles. The summed E-state index contributed by atoms with van der Waals surface area (Å²) in [5.41, 5.74) is 1.51. The number of aromatic nitrogens is 3. The zero-order valence-electron chi connectivity index (χ0n) is 18.3. The molecule has 0 aliphatic heterocycles. The van der Waals surface area contributed by atoms with Crippen molar-refractivity contribution in [2.24, 2.45) is 11.1 Å². The summed E-state index contributed by atoms with van der Waals surface area (Å²) in [6.45, 7) is 0.271. The summed E-state index contributed by atoms with van der Waals surface area (Å²) in [6, 6.07) is 6.31. The molecule has 0 amide bonds. The van der Waals surface area contributed by atoms with E-state index in [-0.39, 0.29) is 42.5 Å². The van der Waals surface area contributed by atoms with Crippen LogP contribution in [0.15, 0.2) is 49.2 Å². The SMILES string of the molecule is NS(=O)(=O)OCC1CC(F)C(Nc2ncncc2C(=O)c2ccn(Cc3ccc(Cl)c(Cl)c3)c2)C1. The van der Waals surface area contributed by atoms with Crippen molar-refractivity contribution in [2.45, 2.75) is 31.6 Å². The number of hydrogen-bond acceptors (Lipinski definition) is 7. The predicted octanol–water partition coefficient (Wildman–Crippen LogP) is 3.61. The Morgan fingerprint density at radius 1 is 1.26 bits per heavy atom. The third-order valence-corrected chi connectivity index (χ3v) is 6.89. The van der Waals surface area contributed by atoms with Crippen LogP contribution in [0.1, 0.15) is 34.3 Å². The molecule has 4 rings (SSSR count). The summed E-state index contributed by atoms with van der Waals surface area (Å²) < 4.78 is 43.1. The third-order valence-electron chi connectivity index (χ3n) is 5.69. The Morgan fingerprint density at radius 3 is 2.80 bits per heavy atom. The Balaban J connectivity index is 1.45. The second-order valence-corrected chi connectivity index (χ2v) is 10.4. The van der Waals surface area contributed by atoms with Gasteiger partial charge in [-0.25, -0.2) is 19.5 Å². The number of halogens is 3. The maximum atomic E-state index is 14.6. The van der Waals surface area contributed by atoms with Crippen molar-refractivity contribution in [3.8, 4) is 0 Å². The van der Waals surface area contributed by atoms with Gasteiger partial charge in [-0.05, 0) is 42.5 Å². The van der Waals surface area contributed by atoms with Gasteiger partial charge in [0.2, 0.25) is 0 Å². The Bertz CT molecular complexity index is 1340. The van der Waals surface area contributed by atoms with Crippen LogP contribution in [-0.2, 0) is 21.0 Å². The van der Waals surface area contributed by atoms with Gasteiger partial charge in [-0.2, -0.15) is 8.42 Å². The summed E-state index contributed by atoms with van der Waals surface area (Å²) in [6.07, 6.45) is 5.19. The van der Waals surface area contributed by atoms with Gasteiger partial charge in [0.1, 0.15) is 18.3 Å². The molecule has 1 aromatic carbocycles. The second-order valence-electron chi connectivity index (χ2n) is 8.32. The molecule has 35 heavy (non-hydrogen) atoms. The standard InChI is InChI=1S/C22H22Cl2FN5O4S/c23-17-2-1-13(5-18(17)24)9-30-4-3-15(10-30)21(31)16-8-27-12-28-22(16)29-20-7-14(6-19(20)25)11-34-35(26,32)33/h1-5,8,10,12,14,19-20H,6-7,9,11H2,(H2,26,32,33)(H,27,28,29). The van der Waals surface area contributed by atoms with Crippen molar-refractivity contribution in [3.63, 3.8) is 0 Å². The average Bonchev–Trinajstić information content (AvgIpc) is 3.41. The Hall–Kier alpha value is -2.57. The smallest absolute Gasteiger partial charge is 0.333 e. The van der Waals surface area contributed by atoms with Gasteiger partial charge in [0.05, 0.1) is 28.3 Å². The number of nitrogens with two attached hydrogens (primary N) is 1. The molecule has 1 saturated carbocycles. The molecule has 3 aromatic rings. The molecule has 1 aliphatic carbocycles. The highest BCUT2D eigenvalue weighted by Crippen LogP contribution is 2.32. The zero-order chi connectivity index (χ0) is 25.2. The van der Waals surface area contributed by atoms with Crippen molar-refractivity contribution in [3.05, 3.63) is 75.9 Å². The first kappa shape index (κ1) is 25.5.